The Morgan fingerprint density at radius 2 is 2.06 bits per heavy atom. The van der Waals surface area contributed by atoms with Gasteiger partial charge in [-0.2, -0.15) is 5.26 Å². The Morgan fingerprint density at radius 1 is 1.22 bits per heavy atom. The van der Waals surface area contributed by atoms with Gasteiger partial charge in [-0.1, -0.05) is 0 Å². The van der Waals surface area contributed by atoms with E-state index >= 15 is 0 Å². The van der Waals surface area contributed by atoms with E-state index in [4.69, 9.17) is 5.26 Å². The second kappa shape index (κ2) is 5.23. The lowest BCUT2D eigenvalue weighted by atomic mass is 10.2. The van der Waals surface area contributed by atoms with E-state index in [-0.39, 0.29) is 17.9 Å². The van der Waals surface area contributed by atoms with Crippen LogP contribution in [0.5, 0.6) is 0 Å². The van der Waals surface area contributed by atoms with Crippen molar-refractivity contribution in [2.75, 3.05) is 5.32 Å². The molecule has 0 amide bonds. The number of nitrogens with zero attached hydrogens (tertiary/aromatic N) is 2. The molecule has 5 heteroatoms. The Balaban J connectivity index is 2.11. The van der Waals surface area contributed by atoms with Crippen LogP contribution in [0.4, 0.5) is 14.5 Å². The second-order valence-electron chi connectivity index (χ2n) is 3.64. The van der Waals surface area contributed by atoms with Crippen LogP contribution in [-0.2, 0) is 6.54 Å². The van der Waals surface area contributed by atoms with Gasteiger partial charge in [0.25, 0.3) is 0 Å². The molecule has 1 aromatic carbocycles. The zero-order valence-electron chi connectivity index (χ0n) is 9.32. The van der Waals surface area contributed by atoms with E-state index in [0.717, 1.165) is 23.8 Å². The number of benzene rings is 1. The Labute approximate surface area is 103 Å². The summed E-state index contributed by atoms with van der Waals surface area (Å²) >= 11 is 0. The first-order valence-corrected chi connectivity index (χ1v) is 5.23. The number of aromatic nitrogens is 1. The Kier molecular flexibility index (Phi) is 3.49. The van der Waals surface area contributed by atoms with Gasteiger partial charge in [-0.25, -0.2) is 13.8 Å². The molecule has 90 valence electrons. The van der Waals surface area contributed by atoms with E-state index in [9.17, 15) is 8.78 Å². The number of anilines is 1. The smallest absolute Gasteiger partial charge is 0.146 e. The number of hydrogen-bond acceptors (Lipinski definition) is 3. The lowest BCUT2D eigenvalue weighted by Crippen LogP contribution is -2.02. The maximum atomic E-state index is 13.3. The second-order valence-corrected chi connectivity index (χ2v) is 3.64. The summed E-state index contributed by atoms with van der Waals surface area (Å²) in [5, 5.41) is 11.5. The largest absolute Gasteiger partial charge is 0.379 e. The Hall–Kier alpha value is -2.48. The minimum absolute atomic E-state index is 0.0883. The van der Waals surface area contributed by atoms with Crippen molar-refractivity contribution in [3.8, 4) is 6.07 Å². The van der Waals surface area contributed by atoms with E-state index in [1.54, 1.807) is 12.1 Å². The SMILES string of the molecule is N#Cc1cc(CNc2cc(F)ccc2F)ccn1. The average molecular weight is 245 g/mol. The van der Waals surface area contributed by atoms with Crippen molar-refractivity contribution in [1.82, 2.24) is 4.98 Å². The molecule has 0 saturated heterocycles. The molecule has 3 nitrogen and oxygen atoms in total. The lowest BCUT2D eigenvalue weighted by molar-refractivity contribution is 0.602. The minimum atomic E-state index is -0.522. The van der Waals surface area contributed by atoms with Crippen LogP contribution in [0.25, 0.3) is 0 Å². The molecule has 1 heterocycles. The first-order valence-electron chi connectivity index (χ1n) is 5.23. The molecule has 0 fully saturated rings. The molecule has 0 unspecified atom stereocenters. The van der Waals surface area contributed by atoms with Crippen molar-refractivity contribution in [3.05, 3.63) is 59.4 Å². The van der Waals surface area contributed by atoms with Gasteiger partial charge in [-0.3, -0.25) is 0 Å². The van der Waals surface area contributed by atoms with Crippen molar-refractivity contribution in [2.45, 2.75) is 6.54 Å². The predicted octanol–water partition coefficient (Wildman–Crippen LogP) is 2.84. The molecule has 1 N–H and O–H groups in total. The van der Waals surface area contributed by atoms with Crippen molar-refractivity contribution in [1.29, 1.82) is 5.26 Å². The normalized spacial score (nSPS) is 9.83. The highest BCUT2D eigenvalue weighted by atomic mass is 19.1. The molecule has 0 aliphatic rings. The lowest BCUT2D eigenvalue weighted by Gasteiger charge is -2.07. The number of hydrogen-bond donors (Lipinski definition) is 1. The molecular formula is C13H9F2N3. The third-order valence-corrected chi connectivity index (χ3v) is 2.35. The first-order chi connectivity index (χ1) is 8.69. The molecule has 1 aromatic heterocycles. The highest BCUT2D eigenvalue weighted by Gasteiger charge is 2.03. The van der Waals surface area contributed by atoms with Gasteiger partial charge in [0, 0.05) is 12.7 Å². The first kappa shape index (κ1) is 12.0. The van der Waals surface area contributed by atoms with E-state index < -0.39 is 11.6 Å². The standard InChI is InChI=1S/C13H9F2N3/c14-10-1-2-12(15)13(6-10)18-8-9-3-4-17-11(5-9)7-16/h1-6,18H,8H2. The van der Waals surface area contributed by atoms with Crippen LogP contribution < -0.4 is 5.32 Å². The highest BCUT2D eigenvalue weighted by Crippen LogP contribution is 2.16. The molecule has 0 radical (unpaired) electrons. The summed E-state index contributed by atoms with van der Waals surface area (Å²) in [4.78, 5) is 3.82. The average Bonchev–Trinajstić information content (AvgIpc) is 2.40. The van der Waals surface area contributed by atoms with Crippen molar-refractivity contribution in [2.24, 2.45) is 0 Å². The van der Waals surface area contributed by atoms with E-state index in [2.05, 4.69) is 10.3 Å². The quantitative estimate of drug-likeness (QED) is 0.904. The minimum Gasteiger partial charge on any atom is -0.379 e. The fraction of sp³-hybridized carbons (Fsp3) is 0.0769. The molecule has 18 heavy (non-hydrogen) atoms. The summed E-state index contributed by atoms with van der Waals surface area (Å²) in [6.07, 6.45) is 1.50. The van der Waals surface area contributed by atoms with Gasteiger partial charge in [0.15, 0.2) is 0 Å². The fourth-order valence-corrected chi connectivity index (χ4v) is 1.48. The van der Waals surface area contributed by atoms with Crippen LogP contribution >= 0.6 is 0 Å². The third-order valence-electron chi connectivity index (χ3n) is 2.35. The molecule has 2 aromatic rings. The zero-order valence-corrected chi connectivity index (χ0v) is 9.32. The number of halogens is 2. The summed E-state index contributed by atoms with van der Waals surface area (Å²) in [5.74, 6) is -1.03. The van der Waals surface area contributed by atoms with Crippen LogP contribution in [0.2, 0.25) is 0 Å². The van der Waals surface area contributed by atoms with Crippen LogP contribution in [0.3, 0.4) is 0 Å². The van der Waals surface area contributed by atoms with Gasteiger partial charge in [-0.15, -0.1) is 0 Å². The van der Waals surface area contributed by atoms with E-state index in [1.165, 1.54) is 6.20 Å². The van der Waals surface area contributed by atoms with Gasteiger partial charge in [0.1, 0.15) is 23.4 Å². The van der Waals surface area contributed by atoms with Gasteiger partial charge >= 0.3 is 0 Å². The molecular weight excluding hydrogens is 236 g/mol. The topological polar surface area (TPSA) is 48.7 Å². The monoisotopic (exact) mass is 245 g/mol. The van der Waals surface area contributed by atoms with Crippen LogP contribution in [0, 0.1) is 23.0 Å². The molecule has 0 aliphatic carbocycles. The summed E-state index contributed by atoms with van der Waals surface area (Å²) in [6.45, 7) is 0.289. The molecule has 0 spiro atoms. The van der Waals surface area contributed by atoms with Crippen LogP contribution in [-0.4, -0.2) is 4.98 Å². The number of rotatable bonds is 3. The summed E-state index contributed by atoms with van der Waals surface area (Å²) < 4.78 is 26.3. The van der Waals surface area contributed by atoms with Gasteiger partial charge in [0.05, 0.1) is 5.69 Å². The molecule has 0 atom stereocenters. The summed E-state index contributed by atoms with van der Waals surface area (Å²) in [5.41, 5.74) is 1.14. The fourth-order valence-electron chi connectivity index (χ4n) is 1.48. The van der Waals surface area contributed by atoms with Gasteiger partial charge in [-0.05, 0) is 35.9 Å². The van der Waals surface area contributed by atoms with E-state index in [1.807, 2.05) is 6.07 Å². The number of pyridine rings is 1. The van der Waals surface area contributed by atoms with Crippen LogP contribution in [0.1, 0.15) is 11.3 Å². The zero-order chi connectivity index (χ0) is 13.0. The van der Waals surface area contributed by atoms with Crippen molar-refractivity contribution < 1.29 is 8.78 Å². The van der Waals surface area contributed by atoms with Crippen LogP contribution in [0.15, 0.2) is 36.5 Å². The molecule has 2 rings (SSSR count). The van der Waals surface area contributed by atoms with Crippen molar-refractivity contribution in [3.63, 3.8) is 0 Å². The van der Waals surface area contributed by atoms with E-state index in [0.29, 0.717) is 0 Å². The molecule has 0 bridgehead atoms. The Bertz CT molecular complexity index is 605. The molecule has 0 saturated carbocycles. The Morgan fingerprint density at radius 3 is 2.83 bits per heavy atom. The maximum Gasteiger partial charge on any atom is 0.146 e. The highest BCUT2D eigenvalue weighted by molar-refractivity contribution is 5.45. The number of nitrogens with one attached hydrogen (secondary N) is 1. The van der Waals surface area contributed by atoms with Crippen molar-refractivity contribution >= 4 is 5.69 Å². The summed E-state index contributed by atoms with van der Waals surface area (Å²) in [7, 11) is 0. The predicted molar refractivity (Wildman–Crippen MR) is 62.6 cm³/mol. The maximum absolute atomic E-state index is 13.3. The third kappa shape index (κ3) is 2.80. The number of nitriles is 1. The van der Waals surface area contributed by atoms with Gasteiger partial charge in [0.2, 0.25) is 0 Å². The van der Waals surface area contributed by atoms with Gasteiger partial charge < -0.3 is 5.32 Å². The summed E-state index contributed by atoms with van der Waals surface area (Å²) in [6, 6.07) is 8.40. The molecule has 0 aliphatic heterocycles.